The number of nitrogens with zero attached hydrogens (tertiary/aromatic N) is 1. The third-order valence-electron chi connectivity index (χ3n) is 2.57. The van der Waals surface area contributed by atoms with Crippen molar-refractivity contribution >= 4 is 0 Å². The van der Waals surface area contributed by atoms with E-state index in [1.54, 1.807) is 0 Å². The molecule has 1 heterocycles. The summed E-state index contributed by atoms with van der Waals surface area (Å²) in [4.78, 5) is 4.15. The van der Waals surface area contributed by atoms with Crippen molar-refractivity contribution in [1.29, 1.82) is 0 Å². The van der Waals surface area contributed by atoms with Crippen molar-refractivity contribution in [3.05, 3.63) is 29.6 Å². The van der Waals surface area contributed by atoms with Gasteiger partial charge < -0.3 is 0 Å². The van der Waals surface area contributed by atoms with Crippen LogP contribution in [-0.4, -0.2) is 4.98 Å². The maximum Gasteiger partial charge on any atom is 0.0305 e. The molecule has 12 heavy (non-hydrogen) atoms. The quantitative estimate of drug-likeness (QED) is 0.652. The summed E-state index contributed by atoms with van der Waals surface area (Å²) in [6.45, 7) is 8.90. The minimum absolute atomic E-state index is 0.610. The molecular weight excluding hydrogens is 146 g/mol. The predicted octanol–water partition coefficient (Wildman–Crippen LogP) is 3.15. The Morgan fingerprint density at radius 3 is 2.42 bits per heavy atom. The van der Waals surface area contributed by atoms with Gasteiger partial charge in [-0.25, -0.2) is 0 Å². The van der Waals surface area contributed by atoms with E-state index in [1.165, 1.54) is 11.1 Å². The molecule has 0 saturated carbocycles. The molecule has 1 atom stereocenters. The van der Waals surface area contributed by atoms with Gasteiger partial charge in [-0.3, -0.25) is 4.98 Å². The van der Waals surface area contributed by atoms with E-state index >= 15 is 0 Å². The summed E-state index contributed by atoms with van der Waals surface area (Å²) < 4.78 is 0. The zero-order valence-corrected chi connectivity index (χ0v) is 8.33. The van der Waals surface area contributed by atoms with E-state index < -0.39 is 0 Å². The van der Waals surface area contributed by atoms with Crippen LogP contribution in [0.1, 0.15) is 37.8 Å². The zero-order chi connectivity index (χ0) is 9.14. The van der Waals surface area contributed by atoms with Gasteiger partial charge in [0.15, 0.2) is 0 Å². The Balaban J connectivity index is 2.94. The molecule has 1 aromatic heterocycles. The summed E-state index contributed by atoms with van der Waals surface area (Å²) in [5.74, 6) is 1.30. The Morgan fingerprint density at radius 2 is 1.92 bits per heavy atom. The number of hydrogen-bond donors (Lipinski definition) is 0. The molecule has 0 bridgehead atoms. The molecule has 0 fully saturated rings. The average Bonchev–Trinajstić information content (AvgIpc) is 2.04. The van der Waals surface area contributed by atoms with E-state index in [0.717, 1.165) is 0 Å². The SMILES string of the molecule is Cc1ccncc1[C@@H](C)C(C)C. The van der Waals surface area contributed by atoms with Crippen LogP contribution in [0.5, 0.6) is 0 Å². The first-order valence-electron chi connectivity index (χ1n) is 4.53. The molecular formula is C11H17N. The molecule has 0 saturated heterocycles. The Morgan fingerprint density at radius 1 is 1.25 bits per heavy atom. The van der Waals surface area contributed by atoms with Crippen LogP contribution in [0.2, 0.25) is 0 Å². The standard InChI is InChI=1S/C11H17N/c1-8(2)10(4)11-7-12-6-5-9(11)3/h5-8,10H,1-4H3/t10-/m0/s1. The van der Waals surface area contributed by atoms with Crippen LogP contribution in [0.4, 0.5) is 0 Å². The van der Waals surface area contributed by atoms with Crippen molar-refractivity contribution in [2.75, 3.05) is 0 Å². The number of aromatic nitrogens is 1. The summed E-state index contributed by atoms with van der Waals surface area (Å²) in [6.07, 6.45) is 3.84. The van der Waals surface area contributed by atoms with Gasteiger partial charge in [-0.05, 0) is 36.0 Å². The van der Waals surface area contributed by atoms with Crippen molar-refractivity contribution in [2.45, 2.75) is 33.6 Å². The molecule has 0 spiro atoms. The number of hydrogen-bond acceptors (Lipinski definition) is 1. The van der Waals surface area contributed by atoms with Gasteiger partial charge in [0.05, 0.1) is 0 Å². The fraction of sp³-hybridized carbons (Fsp3) is 0.545. The van der Waals surface area contributed by atoms with Crippen LogP contribution in [0.3, 0.4) is 0 Å². The third kappa shape index (κ3) is 1.84. The molecule has 0 aliphatic heterocycles. The van der Waals surface area contributed by atoms with Gasteiger partial charge in [0.2, 0.25) is 0 Å². The summed E-state index contributed by atoms with van der Waals surface area (Å²) in [6, 6.07) is 2.08. The van der Waals surface area contributed by atoms with E-state index in [2.05, 4.69) is 38.7 Å². The van der Waals surface area contributed by atoms with Gasteiger partial charge in [0, 0.05) is 12.4 Å². The molecule has 0 aromatic carbocycles. The van der Waals surface area contributed by atoms with E-state index in [-0.39, 0.29) is 0 Å². The number of pyridine rings is 1. The van der Waals surface area contributed by atoms with Gasteiger partial charge >= 0.3 is 0 Å². The van der Waals surface area contributed by atoms with Crippen molar-refractivity contribution in [3.8, 4) is 0 Å². The van der Waals surface area contributed by atoms with E-state index in [1.807, 2.05) is 12.4 Å². The van der Waals surface area contributed by atoms with Gasteiger partial charge in [-0.2, -0.15) is 0 Å². The molecule has 66 valence electrons. The summed E-state index contributed by atoms with van der Waals surface area (Å²) in [7, 11) is 0. The van der Waals surface area contributed by atoms with Gasteiger partial charge in [0.1, 0.15) is 0 Å². The van der Waals surface area contributed by atoms with Gasteiger partial charge in [-0.15, -0.1) is 0 Å². The lowest BCUT2D eigenvalue weighted by atomic mass is 9.89. The highest BCUT2D eigenvalue weighted by Gasteiger charge is 2.11. The van der Waals surface area contributed by atoms with E-state index in [4.69, 9.17) is 0 Å². The molecule has 0 unspecified atom stereocenters. The van der Waals surface area contributed by atoms with Crippen molar-refractivity contribution < 1.29 is 0 Å². The smallest absolute Gasteiger partial charge is 0.0305 e. The van der Waals surface area contributed by atoms with Crippen LogP contribution < -0.4 is 0 Å². The molecule has 0 amide bonds. The zero-order valence-electron chi connectivity index (χ0n) is 8.33. The van der Waals surface area contributed by atoms with Crippen LogP contribution in [-0.2, 0) is 0 Å². The van der Waals surface area contributed by atoms with Crippen molar-refractivity contribution in [3.63, 3.8) is 0 Å². The molecule has 1 rings (SSSR count). The molecule has 0 N–H and O–H groups in total. The van der Waals surface area contributed by atoms with Crippen LogP contribution >= 0.6 is 0 Å². The monoisotopic (exact) mass is 163 g/mol. The molecule has 1 aromatic rings. The Hall–Kier alpha value is -0.850. The lowest BCUT2D eigenvalue weighted by Gasteiger charge is -2.17. The molecule has 1 heteroatoms. The summed E-state index contributed by atoms with van der Waals surface area (Å²) >= 11 is 0. The first-order chi connectivity index (χ1) is 5.63. The normalized spacial score (nSPS) is 13.4. The maximum atomic E-state index is 4.15. The highest BCUT2D eigenvalue weighted by molar-refractivity contribution is 5.25. The highest BCUT2D eigenvalue weighted by Crippen LogP contribution is 2.24. The summed E-state index contributed by atoms with van der Waals surface area (Å²) in [5, 5.41) is 0. The van der Waals surface area contributed by atoms with Crippen LogP contribution in [0.15, 0.2) is 18.5 Å². The maximum absolute atomic E-state index is 4.15. The number of rotatable bonds is 2. The minimum Gasteiger partial charge on any atom is -0.264 e. The van der Waals surface area contributed by atoms with Gasteiger partial charge in [0.25, 0.3) is 0 Å². The van der Waals surface area contributed by atoms with Crippen molar-refractivity contribution in [1.82, 2.24) is 4.98 Å². The van der Waals surface area contributed by atoms with Crippen LogP contribution in [0, 0.1) is 12.8 Å². The first-order valence-corrected chi connectivity index (χ1v) is 4.53. The largest absolute Gasteiger partial charge is 0.264 e. The highest BCUT2D eigenvalue weighted by atomic mass is 14.6. The predicted molar refractivity (Wildman–Crippen MR) is 52.2 cm³/mol. The van der Waals surface area contributed by atoms with Crippen molar-refractivity contribution in [2.24, 2.45) is 5.92 Å². The summed E-state index contributed by atoms with van der Waals surface area (Å²) in [5.41, 5.74) is 2.73. The lowest BCUT2D eigenvalue weighted by Crippen LogP contribution is -2.04. The fourth-order valence-electron chi connectivity index (χ4n) is 1.31. The third-order valence-corrected chi connectivity index (χ3v) is 2.57. The Bertz CT molecular complexity index is 253. The first kappa shape index (κ1) is 9.24. The van der Waals surface area contributed by atoms with Crippen LogP contribution in [0.25, 0.3) is 0 Å². The fourth-order valence-corrected chi connectivity index (χ4v) is 1.31. The lowest BCUT2D eigenvalue weighted by molar-refractivity contribution is 0.531. The van der Waals surface area contributed by atoms with E-state index in [9.17, 15) is 0 Å². The number of aryl methyl sites for hydroxylation is 1. The second-order valence-corrected chi connectivity index (χ2v) is 3.76. The molecule has 0 aliphatic rings. The molecule has 1 nitrogen and oxygen atoms in total. The Labute approximate surface area is 74.8 Å². The average molecular weight is 163 g/mol. The molecule has 0 aliphatic carbocycles. The Kier molecular flexibility index (Phi) is 2.85. The topological polar surface area (TPSA) is 12.9 Å². The van der Waals surface area contributed by atoms with E-state index in [0.29, 0.717) is 11.8 Å². The minimum atomic E-state index is 0.610. The van der Waals surface area contributed by atoms with Gasteiger partial charge in [-0.1, -0.05) is 20.8 Å². The molecule has 0 radical (unpaired) electrons. The second kappa shape index (κ2) is 3.70. The second-order valence-electron chi connectivity index (χ2n) is 3.76.